The summed E-state index contributed by atoms with van der Waals surface area (Å²) in [7, 11) is 0. The Morgan fingerprint density at radius 1 is 1.23 bits per heavy atom. The van der Waals surface area contributed by atoms with E-state index in [4.69, 9.17) is 11.6 Å². The molecule has 1 heterocycles. The molecule has 2 N–H and O–H groups in total. The van der Waals surface area contributed by atoms with Crippen LogP contribution in [-0.4, -0.2) is 35.3 Å². The van der Waals surface area contributed by atoms with Gasteiger partial charge in [-0.1, -0.05) is 43.0 Å². The molecule has 0 radical (unpaired) electrons. The van der Waals surface area contributed by atoms with E-state index < -0.39 is 11.6 Å². The SMILES string of the molecule is CC1(c2ccc(Cl)cc2)NC(=O)N(CCC(=O)NC2CCCCC2)C1=O. The lowest BCUT2D eigenvalue weighted by Gasteiger charge is -2.24. The fraction of sp³-hybridized carbons (Fsp3) is 0.526. The summed E-state index contributed by atoms with van der Waals surface area (Å²) in [5.74, 6) is -0.465. The number of nitrogens with zero attached hydrogens (tertiary/aromatic N) is 1. The minimum absolute atomic E-state index is 0.0758. The predicted molar refractivity (Wildman–Crippen MR) is 98.7 cm³/mol. The van der Waals surface area contributed by atoms with E-state index >= 15 is 0 Å². The third-order valence-corrected chi connectivity index (χ3v) is 5.48. The van der Waals surface area contributed by atoms with Gasteiger partial charge < -0.3 is 10.6 Å². The third-order valence-electron chi connectivity index (χ3n) is 5.23. The maximum atomic E-state index is 12.8. The van der Waals surface area contributed by atoms with Crippen LogP contribution < -0.4 is 10.6 Å². The third kappa shape index (κ3) is 3.85. The number of amides is 4. The van der Waals surface area contributed by atoms with Gasteiger partial charge in [-0.05, 0) is 37.5 Å². The number of rotatable bonds is 5. The van der Waals surface area contributed by atoms with E-state index in [0.29, 0.717) is 10.6 Å². The van der Waals surface area contributed by atoms with E-state index in [1.807, 2.05) is 0 Å². The zero-order valence-corrected chi connectivity index (χ0v) is 15.6. The minimum atomic E-state index is -1.14. The molecule has 26 heavy (non-hydrogen) atoms. The highest BCUT2D eigenvalue weighted by Gasteiger charge is 2.48. The van der Waals surface area contributed by atoms with Crippen molar-refractivity contribution in [3.05, 3.63) is 34.9 Å². The van der Waals surface area contributed by atoms with E-state index in [1.54, 1.807) is 31.2 Å². The normalized spacial score (nSPS) is 23.8. The summed E-state index contributed by atoms with van der Waals surface area (Å²) in [5, 5.41) is 6.30. The molecule has 1 saturated carbocycles. The monoisotopic (exact) mass is 377 g/mol. The number of benzene rings is 1. The first-order valence-corrected chi connectivity index (χ1v) is 9.47. The average Bonchev–Trinajstić information content (AvgIpc) is 2.84. The summed E-state index contributed by atoms with van der Waals surface area (Å²) in [6, 6.07) is 6.56. The smallest absolute Gasteiger partial charge is 0.325 e. The minimum Gasteiger partial charge on any atom is -0.353 e. The van der Waals surface area contributed by atoms with Gasteiger partial charge in [-0.3, -0.25) is 14.5 Å². The summed E-state index contributed by atoms with van der Waals surface area (Å²) >= 11 is 5.89. The van der Waals surface area contributed by atoms with Crippen molar-refractivity contribution in [2.45, 2.75) is 57.0 Å². The zero-order valence-electron chi connectivity index (χ0n) is 14.9. The van der Waals surface area contributed by atoms with Gasteiger partial charge in [0.1, 0.15) is 5.54 Å². The number of imide groups is 1. The highest BCUT2D eigenvalue weighted by atomic mass is 35.5. The van der Waals surface area contributed by atoms with Gasteiger partial charge in [0, 0.05) is 24.0 Å². The number of nitrogens with one attached hydrogen (secondary N) is 2. The van der Waals surface area contributed by atoms with Crippen molar-refractivity contribution >= 4 is 29.4 Å². The van der Waals surface area contributed by atoms with Crippen LogP contribution in [0.3, 0.4) is 0 Å². The van der Waals surface area contributed by atoms with Crippen LogP contribution in [0.15, 0.2) is 24.3 Å². The molecule has 0 spiro atoms. The molecule has 1 aromatic rings. The molecule has 6 nitrogen and oxygen atoms in total. The molecule has 0 bridgehead atoms. The highest BCUT2D eigenvalue weighted by molar-refractivity contribution is 6.30. The number of carbonyl (C=O) groups is 3. The van der Waals surface area contributed by atoms with Crippen molar-refractivity contribution < 1.29 is 14.4 Å². The number of carbonyl (C=O) groups excluding carboxylic acids is 3. The van der Waals surface area contributed by atoms with E-state index in [2.05, 4.69) is 10.6 Å². The lowest BCUT2D eigenvalue weighted by molar-refractivity contribution is -0.131. The second-order valence-corrected chi connectivity index (χ2v) is 7.61. The summed E-state index contributed by atoms with van der Waals surface area (Å²) in [6.45, 7) is 1.74. The average molecular weight is 378 g/mol. The van der Waals surface area contributed by atoms with Gasteiger partial charge in [0.15, 0.2) is 0 Å². The van der Waals surface area contributed by atoms with Gasteiger partial charge in [0.05, 0.1) is 0 Å². The van der Waals surface area contributed by atoms with Crippen LogP contribution in [0.2, 0.25) is 5.02 Å². The second kappa shape index (κ2) is 7.66. The van der Waals surface area contributed by atoms with Gasteiger partial charge >= 0.3 is 6.03 Å². The molecule has 1 aliphatic heterocycles. The molecule has 1 unspecified atom stereocenters. The first kappa shape index (κ1) is 18.7. The Kier molecular flexibility index (Phi) is 5.51. The van der Waals surface area contributed by atoms with Crippen molar-refractivity contribution in [2.24, 2.45) is 0 Å². The zero-order chi connectivity index (χ0) is 18.7. The van der Waals surface area contributed by atoms with Crippen LogP contribution in [0.25, 0.3) is 0 Å². The van der Waals surface area contributed by atoms with E-state index in [1.165, 1.54) is 6.42 Å². The summed E-state index contributed by atoms with van der Waals surface area (Å²) < 4.78 is 0. The molecule has 140 valence electrons. The molecule has 3 rings (SSSR count). The van der Waals surface area contributed by atoms with Crippen LogP contribution in [0.4, 0.5) is 4.79 Å². The molecule has 0 aromatic heterocycles. The molecule has 1 saturated heterocycles. The fourth-order valence-electron chi connectivity index (χ4n) is 3.64. The van der Waals surface area contributed by atoms with E-state index in [9.17, 15) is 14.4 Å². The molecule has 1 aliphatic carbocycles. The van der Waals surface area contributed by atoms with E-state index in [-0.39, 0.29) is 30.8 Å². The Hall–Kier alpha value is -2.08. The molecule has 7 heteroatoms. The lowest BCUT2D eigenvalue weighted by Crippen LogP contribution is -2.41. The Balaban J connectivity index is 1.60. The van der Waals surface area contributed by atoms with Crippen molar-refractivity contribution in [1.29, 1.82) is 0 Å². The van der Waals surface area contributed by atoms with Crippen LogP contribution in [0.5, 0.6) is 0 Å². The van der Waals surface area contributed by atoms with Crippen molar-refractivity contribution in [1.82, 2.24) is 15.5 Å². The Labute approximate surface area is 158 Å². The lowest BCUT2D eigenvalue weighted by atomic mass is 9.92. The van der Waals surface area contributed by atoms with Crippen molar-refractivity contribution in [3.63, 3.8) is 0 Å². The van der Waals surface area contributed by atoms with Gasteiger partial charge in [0.2, 0.25) is 5.91 Å². The predicted octanol–water partition coefficient (Wildman–Crippen LogP) is 2.95. The number of urea groups is 1. The van der Waals surface area contributed by atoms with Crippen LogP contribution in [0, 0.1) is 0 Å². The first-order chi connectivity index (χ1) is 12.4. The summed E-state index contributed by atoms with van der Waals surface area (Å²) in [6.07, 6.45) is 5.62. The Morgan fingerprint density at radius 2 is 1.88 bits per heavy atom. The number of hydrogen-bond acceptors (Lipinski definition) is 3. The van der Waals surface area contributed by atoms with Crippen LogP contribution in [0.1, 0.15) is 51.0 Å². The van der Waals surface area contributed by atoms with E-state index in [0.717, 1.165) is 30.6 Å². The summed E-state index contributed by atoms with van der Waals surface area (Å²) in [4.78, 5) is 38.4. The van der Waals surface area contributed by atoms with Gasteiger partial charge in [0.25, 0.3) is 5.91 Å². The Bertz CT molecular complexity index is 700. The van der Waals surface area contributed by atoms with Gasteiger partial charge in [-0.15, -0.1) is 0 Å². The Morgan fingerprint density at radius 3 is 2.54 bits per heavy atom. The maximum Gasteiger partial charge on any atom is 0.325 e. The van der Waals surface area contributed by atoms with Gasteiger partial charge in [-0.25, -0.2) is 4.79 Å². The molecular weight excluding hydrogens is 354 g/mol. The van der Waals surface area contributed by atoms with Crippen LogP contribution >= 0.6 is 11.6 Å². The van der Waals surface area contributed by atoms with Crippen molar-refractivity contribution in [3.8, 4) is 0 Å². The second-order valence-electron chi connectivity index (χ2n) is 7.17. The number of halogens is 1. The first-order valence-electron chi connectivity index (χ1n) is 9.09. The highest BCUT2D eigenvalue weighted by Crippen LogP contribution is 2.29. The standard InChI is InChI=1S/C19H24ClN3O3/c1-19(13-7-9-14(20)10-8-13)17(25)23(18(26)22-19)12-11-16(24)21-15-5-3-2-4-6-15/h7-10,15H,2-6,11-12H2,1H3,(H,21,24)(H,22,26). The largest absolute Gasteiger partial charge is 0.353 e. The van der Waals surface area contributed by atoms with Crippen molar-refractivity contribution in [2.75, 3.05) is 6.54 Å². The molecule has 2 fully saturated rings. The topological polar surface area (TPSA) is 78.5 Å². The molecule has 4 amide bonds. The maximum absolute atomic E-state index is 12.8. The molecule has 1 atom stereocenters. The fourth-order valence-corrected chi connectivity index (χ4v) is 3.77. The number of hydrogen-bond donors (Lipinski definition) is 2. The summed E-state index contributed by atoms with van der Waals surface area (Å²) in [5.41, 5.74) is -0.476. The van der Waals surface area contributed by atoms with Gasteiger partial charge in [-0.2, -0.15) is 0 Å². The molecular formula is C19H24ClN3O3. The molecule has 1 aromatic carbocycles. The quantitative estimate of drug-likeness (QED) is 0.774. The molecule has 2 aliphatic rings. The van der Waals surface area contributed by atoms with Crippen LogP contribution in [-0.2, 0) is 15.1 Å².